The van der Waals surface area contributed by atoms with Crippen molar-refractivity contribution >= 4 is 33.3 Å². The topological polar surface area (TPSA) is 145 Å². The van der Waals surface area contributed by atoms with Crippen molar-refractivity contribution in [3.63, 3.8) is 0 Å². The van der Waals surface area contributed by atoms with Gasteiger partial charge in [0.25, 0.3) is 0 Å². The van der Waals surface area contributed by atoms with E-state index in [0.29, 0.717) is 31.8 Å². The summed E-state index contributed by atoms with van der Waals surface area (Å²) in [5.41, 5.74) is 2.56. The molecule has 3 amide bonds. The second-order valence-corrected chi connectivity index (χ2v) is 17.4. The number of urea groups is 1. The maximum absolute atomic E-state index is 14.5. The highest BCUT2D eigenvalue weighted by Gasteiger charge is 2.41. The fourth-order valence-corrected chi connectivity index (χ4v) is 9.87. The number of aliphatic hydroxyl groups is 1. The number of carbonyl (C=O) groups is 2. The molecule has 4 atom stereocenters. The van der Waals surface area contributed by atoms with E-state index >= 15 is 0 Å². The maximum Gasteiger partial charge on any atom is 0.321 e. The SMILES string of the molecule is CC[C@H](C)[C@@H](C(=O)N[C@@H](Cc1ccccc1)[C@H](O)CN(CC1CCCC1)S(=O)(=O)c1ccc(OC)cc1)N1CCN(Cc2csc(-c3cccnc3)n2)C1=O. The third-order valence-corrected chi connectivity index (χ3v) is 13.6. The molecule has 1 saturated carbocycles. The Hall–Kier alpha value is -4.37. The van der Waals surface area contributed by atoms with Gasteiger partial charge in [0.1, 0.15) is 16.8 Å². The van der Waals surface area contributed by atoms with Gasteiger partial charge in [0.05, 0.1) is 36.4 Å². The van der Waals surface area contributed by atoms with Gasteiger partial charge in [0.2, 0.25) is 15.9 Å². The second-order valence-electron chi connectivity index (χ2n) is 14.6. The number of carbonyl (C=O) groups excluding carboxylic acids is 2. The molecule has 1 aliphatic heterocycles. The predicted octanol–water partition coefficient (Wildman–Crippen LogP) is 5.84. The van der Waals surface area contributed by atoms with Gasteiger partial charge in [-0.3, -0.25) is 9.78 Å². The maximum atomic E-state index is 14.5. The lowest BCUT2D eigenvalue weighted by Gasteiger charge is -2.35. The van der Waals surface area contributed by atoms with Crippen molar-refractivity contribution in [2.24, 2.45) is 11.8 Å². The van der Waals surface area contributed by atoms with E-state index in [1.807, 2.05) is 61.7 Å². The van der Waals surface area contributed by atoms with Crippen molar-refractivity contribution in [3.05, 3.63) is 95.8 Å². The van der Waals surface area contributed by atoms with Crippen LogP contribution in [0, 0.1) is 11.8 Å². The normalized spacial score (nSPS) is 17.4. The number of sulfonamides is 1. The molecule has 2 aromatic heterocycles. The van der Waals surface area contributed by atoms with E-state index in [-0.39, 0.29) is 48.2 Å². The molecule has 14 heteroatoms. The van der Waals surface area contributed by atoms with E-state index in [1.165, 1.54) is 34.9 Å². The van der Waals surface area contributed by atoms with E-state index in [1.54, 1.807) is 34.3 Å². The lowest BCUT2D eigenvalue weighted by Crippen LogP contribution is -2.57. The molecule has 0 spiro atoms. The minimum absolute atomic E-state index is 0.113. The fourth-order valence-electron chi connectivity index (χ4n) is 7.54. The highest BCUT2D eigenvalue weighted by molar-refractivity contribution is 7.89. The molecular weight excluding hydrogens is 737 g/mol. The average molecular weight is 789 g/mol. The van der Waals surface area contributed by atoms with Gasteiger partial charge in [0.15, 0.2) is 0 Å². The Balaban J connectivity index is 1.21. The Labute approximate surface area is 328 Å². The van der Waals surface area contributed by atoms with Crippen molar-refractivity contribution in [2.45, 2.75) is 82.0 Å². The zero-order chi connectivity index (χ0) is 39.0. The van der Waals surface area contributed by atoms with Crippen LogP contribution in [0.2, 0.25) is 0 Å². The third-order valence-electron chi connectivity index (χ3n) is 10.8. The molecule has 2 N–H and O–H groups in total. The Morgan fingerprint density at radius 3 is 2.49 bits per heavy atom. The van der Waals surface area contributed by atoms with Crippen LogP contribution in [0.25, 0.3) is 10.6 Å². The second kappa shape index (κ2) is 18.5. The molecule has 0 bridgehead atoms. The number of methoxy groups -OCH3 is 1. The standard InChI is InChI=1S/C41H52N6O6S2/c1-4-29(2)38(47-22-21-45(41(47)50)26-33-28-54-40(43-33)32-15-10-20-42-24-32)39(49)44-36(23-30-11-6-5-7-12-30)37(48)27-46(25-31-13-8-9-14-31)55(51,52)35-18-16-34(53-3)17-19-35/h5-7,10-12,15-20,24,28-29,31,36-38,48H,4,8-9,13-14,21-23,25-27H2,1-3H3,(H,44,49)/t29-,36-,37+,38-/m0/s1. The number of rotatable bonds is 18. The van der Waals surface area contributed by atoms with Gasteiger partial charge < -0.3 is 25.0 Å². The highest BCUT2D eigenvalue weighted by atomic mass is 32.2. The quantitative estimate of drug-likeness (QED) is 0.128. The van der Waals surface area contributed by atoms with Crippen LogP contribution >= 0.6 is 11.3 Å². The average Bonchev–Trinajstić information content (AvgIpc) is 3.98. The summed E-state index contributed by atoms with van der Waals surface area (Å²) in [5, 5.41) is 17.9. The largest absolute Gasteiger partial charge is 0.497 e. The summed E-state index contributed by atoms with van der Waals surface area (Å²) in [4.78, 5) is 40.8. The monoisotopic (exact) mass is 788 g/mol. The Kier molecular flexibility index (Phi) is 13.6. The van der Waals surface area contributed by atoms with Gasteiger partial charge in [-0.2, -0.15) is 4.31 Å². The first-order valence-electron chi connectivity index (χ1n) is 19.1. The van der Waals surface area contributed by atoms with Crippen LogP contribution in [0.1, 0.15) is 57.2 Å². The van der Waals surface area contributed by atoms with Crippen LogP contribution in [-0.4, -0.2) is 101 Å². The van der Waals surface area contributed by atoms with Crippen LogP contribution in [0.4, 0.5) is 4.79 Å². The molecule has 0 unspecified atom stereocenters. The van der Waals surface area contributed by atoms with Crippen molar-refractivity contribution in [2.75, 3.05) is 33.3 Å². The predicted molar refractivity (Wildman–Crippen MR) is 213 cm³/mol. The number of aliphatic hydroxyl groups excluding tert-OH is 1. The minimum Gasteiger partial charge on any atom is -0.497 e. The molecule has 2 fully saturated rings. The van der Waals surface area contributed by atoms with Crippen LogP contribution in [0.3, 0.4) is 0 Å². The van der Waals surface area contributed by atoms with Gasteiger partial charge in [-0.1, -0.05) is 63.4 Å². The first-order valence-corrected chi connectivity index (χ1v) is 21.5. The zero-order valence-electron chi connectivity index (χ0n) is 31.8. The first kappa shape index (κ1) is 40.3. The molecular formula is C41H52N6O6S2. The van der Waals surface area contributed by atoms with E-state index in [4.69, 9.17) is 9.72 Å². The smallest absolute Gasteiger partial charge is 0.321 e. The van der Waals surface area contributed by atoms with Crippen molar-refractivity contribution in [1.82, 2.24) is 29.4 Å². The summed E-state index contributed by atoms with van der Waals surface area (Å²) in [6.45, 7) is 5.12. The lowest BCUT2D eigenvalue weighted by molar-refractivity contribution is -0.128. The summed E-state index contributed by atoms with van der Waals surface area (Å²) in [7, 11) is -2.48. The van der Waals surface area contributed by atoms with E-state index in [0.717, 1.165) is 47.5 Å². The molecule has 2 aliphatic rings. The van der Waals surface area contributed by atoms with Crippen molar-refractivity contribution in [3.8, 4) is 16.3 Å². The Morgan fingerprint density at radius 2 is 1.82 bits per heavy atom. The molecule has 1 aliphatic carbocycles. The molecule has 0 radical (unpaired) electrons. The van der Waals surface area contributed by atoms with Crippen LogP contribution in [0.15, 0.2) is 89.4 Å². The lowest BCUT2D eigenvalue weighted by atomic mass is 9.95. The number of pyridine rings is 1. The number of benzene rings is 2. The fraction of sp³-hybridized carbons (Fsp3) is 0.463. The van der Waals surface area contributed by atoms with Gasteiger partial charge in [-0.05, 0) is 73.1 Å². The molecule has 12 nitrogen and oxygen atoms in total. The molecule has 1 saturated heterocycles. The molecule has 6 rings (SSSR count). The number of thiazole rings is 1. The van der Waals surface area contributed by atoms with Crippen LogP contribution < -0.4 is 10.1 Å². The third kappa shape index (κ3) is 9.90. The summed E-state index contributed by atoms with van der Waals surface area (Å²) in [6.07, 6.45) is 7.04. The van der Waals surface area contributed by atoms with E-state index in [9.17, 15) is 23.1 Å². The number of amides is 3. The number of aromatic nitrogens is 2. The molecule has 55 heavy (non-hydrogen) atoms. The van der Waals surface area contributed by atoms with Crippen LogP contribution in [-0.2, 0) is 27.8 Å². The summed E-state index contributed by atoms with van der Waals surface area (Å²) < 4.78 is 35.0. The minimum atomic E-state index is -4.00. The molecule has 4 aromatic rings. The number of hydrogen-bond acceptors (Lipinski definition) is 9. The van der Waals surface area contributed by atoms with Gasteiger partial charge in [-0.25, -0.2) is 18.2 Å². The Bertz CT molecular complexity index is 1960. The van der Waals surface area contributed by atoms with Crippen molar-refractivity contribution < 1.29 is 27.9 Å². The number of ether oxygens (including phenoxy) is 1. The van der Waals surface area contributed by atoms with Crippen molar-refractivity contribution in [1.29, 1.82) is 0 Å². The van der Waals surface area contributed by atoms with Gasteiger partial charge >= 0.3 is 6.03 Å². The molecule has 294 valence electrons. The number of hydrogen-bond donors (Lipinski definition) is 2. The molecule has 2 aromatic carbocycles. The number of nitrogens with zero attached hydrogens (tertiary/aromatic N) is 5. The number of nitrogens with one attached hydrogen (secondary N) is 1. The van der Waals surface area contributed by atoms with E-state index in [2.05, 4.69) is 10.3 Å². The van der Waals surface area contributed by atoms with Gasteiger partial charge in [-0.15, -0.1) is 11.3 Å². The summed E-state index contributed by atoms with van der Waals surface area (Å²) >= 11 is 1.50. The Morgan fingerprint density at radius 1 is 1.07 bits per heavy atom. The van der Waals surface area contributed by atoms with Crippen LogP contribution in [0.5, 0.6) is 5.75 Å². The summed E-state index contributed by atoms with van der Waals surface area (Å²) in [5.74, 6) is 0.148. The van der Waals surface area contributed by atoms with E-state index < -0.39 is 28.2 Å². The first-order chi connectivity index (χ1) is 26.6. The molecule has 3 heterocycles. The zero-order valence-corrected chi connectivity index (χ0v) is 33.4. The highest BCUT2D eigenvalue weighted by Crippen LogP contribution is 2.30. The van der Waals surface area contributed by atoms with Gasteiger partial charge in [0, 0.05) is 49.5 Å². The summed E-state index contributed by atoms with van der Waals surface area (Å²) in [6, 6.07) is 17.7.